The largest absolute Gasteiger partial charge is 0.383 e. The number of aryl methyl sites for hydroxylation is 2. The van der Waals surface area contributed by atoms with E-state index in [2.05, 4.69) is 35.7 Å². The minimum absolute atomic E-state index is 0.168. The Morgan fingerprint density at radius 3 is 2.38 bits per heavy atom. The van der Waals surface area contributed by atoms with Crippen molar-refractivity contribution in [3.8, 4) is 0 Å². The predicted molar refractivity (Wildman–Crippen MR) is 135 cm³/mol. The number of sulfonamides is 1. The zero-order chi connectivity index (χ0) is 24.3. The van der Waals surface area contributed by atoms with Crippen LogP contribution in [0, 0.1) is 13.8 Å². The van der Waals surface area contributed by atoms with E-state index in [-0.39, 0.29) is 4.90 Å². The van der Waals surface area contributed by atoms with Crippen LogP contribution in [0.25, 0.3) is 10.2 Å². The molecule has 7 nitrogen and oxygen atoms in total. The average Bonchev–Trinajstić information content (AvgIpc) is 3.14. The van der Waals surface area contributed by atoms with Gasteiger partial charge in [-0.2, -0.15) is 4.99 Å². The number of carbonyl (C=O) groups excluding carboxylic acids is 1. The summed E-state index contributed by atoms with van der Waals surface area (Å²) in [4.78, 5) is 18.1. The molecule has 0 fully saturated rings. The third-order valence-electron chi connectivity index (χ3n) is 5.45. The second kappa shape index (κ2) is 9.92. The normalized spacial score (nSPS) is 12.3. The Labute approximate surface area is 202 Å². The molecule has 1 heterocycles. The maximum atomic E-state index is 12.9. The Morgan fingerprint density at radius 1 is 1.03 bits per heavy atom. The van der Waals surface area contributed by atoms with Crippen LogP contribution in [0.4, 0.5) is 5.69 Å². The highest BCUT2D eigenvalue weighted by Crippen LogP contribution is 2.22. The highest BCUT2D eigenvalue weighted by molar-refractivity contribution is 7.92. The summed E-state index contributed by atoms with van der Waals surface area (Å²) in [5, 5.41) is 0. The number of rotatable bonds is 7. The van der Waals surface area contributed by atoms with Crippen LogP contribution in [0.5, 0.6) is 0 Å². The van der Waals surface area contributed by atoms with E-state index in [0.717, 1.165) is 10.2 Å². The standard InChI is InChI=1S/C25H25N3O4S2/c1-17-15-22-23(16-18(17)2)33-25(28(22)13-14-32-3)26-24(29)19-9-11-20(12-10-19)27-34(30,31)21-7-5-4-6-8-21/h4-12,15-16,27H,13-14H2,1-3H3. The number of ether oxygens (including phenoxy) is 1. The fraction of sp³-hybridized carbons (Fsp3) is 0.200. The first-order valence-corrected chi connectivity index (χ1v) is 12.9. The van der Waals surface area contributed by atoms with E-state index < -0.39 is 15.9 Å². The first-order valence-electron chi connectivity index (χ1n) is 10.6. The van der Waals surface area contributed by atoms with Crippen LogP contribution in [0.2, 0.25) is 0 Å². The van der Waals surface area contributed by atoms with E-state index in [1.165, 1.54) is 34.6 Å². The van der Waals surface area contributed by atoms with E-state index in [9.17, 15) is 13.2 Å². The van der Waals surface area contributed by atoms with Crippen LogP contribution in [-0.2, 0) is 21.3 Å². The second-order valence-corrected chi connectivity index (χ2v) is 10.5. The molecule has 0 radical (unpaired) electrons. The molecule has 3 aromatic carbocycles. The maximum absolute atomic E-state index is 12.9. The smallest absolute Gasteiger partial charge is 0.279 e. The number of aromatic nitrogens is 1. The van der Waals surface area contributed by atoms with E-state index in [0.29, 0.717) is 29.2 Å². The minimum Gasteiger partial charge on any atom is -0.383 e. The van der Waals surface area contributed by atoms with Gasteiger partial charge in [0.15, 0.2) is 4.80 Å². The first-order chi connectivity index (χ1) is 16.3. The van der Waals surface area contributed by atoms with E-state index in [1.54, 1.807) is 49.6 Å². The number of benzene rings is 3. The Balaban J connectivity index is 1.63. The fourth-order valence-corrected chi connectivity index (χ4v) is 5.67. The molecule has 4 aromatic rings. The second-order valence-electron chi connectivity index (χ2n) is 7.85. The number of nitrogens with one attached hydrogen (secondary N) is 1. The lowest BCUT2D eigenvalue weighted by Crippen LogP contribution is -2.19. The van der Waals surface area contributed by atoms with Crippen LogP contribution in [0.15, 0.2) is 76.6 Å². The summed E-state index contributed by atoms with van der Waals surface area (Å²) in [5.41, 5.74) is 4.10. The lowest BCUT2D eigenvalue weighted by molar-refractivity contribution is 0.0997. The van der Waals surface area contributed by atoms with Crippen LogP contribution >= 0.6 is 11.3 Å². The molecule has 0 aliphatic carbocycles. The summed E-state index contributed by atoms with van der Waals surface area (Å²) < 4.78 is 35.8. The van der Waals surface area contributed by atoms with Crippen molar-refractivity contribution >= 4 is 43.2 Å². The Kier molecular flexibility index (Phi) is 6.97. The predicted octanol–water partition coefficient (Wildman–Crippen LogP) is 4.51. The van der Waals surface area contributed by atoms with Gasteiger partial charge in [-0.05, 0) is 73.5 Å². The molecule has 176 valence electrons. The molecule has 34 heavy (non-hydrogen) atoms. The number of fused-ring (bicyclic) bond motifs is 1. The number of methoxy groups -OCH3 is 1. The van der Waals surface area contributed by atoms with Crippen molar-refractivity contribution in [1.82, 2.24) is 4.57 Å². The lowest BCUT2D eigenvalue weighted by atomic mass is 10.1. The van der Waals surface area contributed by atoms with Gasteiger partial charge < -0.3 is 9.30 Å². The van der Waals surface area contributed by atoms with Gasteiger partial charge in [0, 0.05) is 24.9 Å². The number of amides is 1. The van der Waals surface area contributed by atoms with Gasteiger partial charge in [-0.25, -0.2) is 8.42 Å². The molecule has 9 heteroatoms. The van der Waals surface area contributed by atoms with Crippen molar-refractivity contribution in [3.05, 3.63) is 88.2 Å². The van der Waals surface area contributed by atoms with Gasteiger partial charge in [-0.1, -0.05) is 29.5 Å². The number of hydrogen-bond donors (Lipinski definition) is 1. The molecule has 0 aliphatic rings. The van der Waals surface area contributed by atoms with Gasteiger partial charge in [-0.3, -0.25) is 9.52 Å². The highest BCUT2D eigenvalue weighted by Gasteiger charge is 2.14. The van der Waals surface area contributed by atoms with Crippen molar-refractivity contribution in [2.45, 2.75) is 25.3 Å². The molecule has 1 aromatic heterocycles. The SMILES string of the molecule is COCCn1c(=NC(=O)c2ccc(NS(=O)(=O)c3ccccc3)cc2)sc2cc(C)c(C)cc21. The third-order valence-corrected chi connectivity index (χ3v) is 7.89. The third kappa shape index (κ3) is 5.11. The summed E-state index contributed by atoms with van der Waals surface area (Å²) in [6.45, 7) is 5.19. The summed E-state index contributed by atoms with van der Waals surface area (Å²) in [6.07, 6.45) is 0. The number of hydrogen-bond acceptors (Lipinski definition) is 5. The molecular formula is C25H25N3O4S2. The minimum atomic E-state index is -3.70. The van der Waals surface area contributed by atoms with Gasteiger partial charge in [0.05, 0.1) is 21.7 Å². The summed E-state index contributed by atoms with van der Waals surface area (Å²) in [5.74, 6) is -0.399. The monoisotopic (exact) mass is 495 g/mol. The van der Waals surface area contributed by atoms with Gasteiger partial charge in [0.25, 0.3) is 15.9 Å². The Hall–Kier alpha value is -3.27. The molecule has 1 N–H and O–H groups in total. The summed E-state index contributed by atoms with van der Waals surface area (Å²) >= 11 is 1.46. The number of carbonyl (C=O) groups is 1. The number of anilines is 1. The van der Waals surface area contributed by atoms with Gasteiger partial charge in [0.2, 0.25) is 0 Å². The summed E-state index contributed by atoms with van der Waals surface area (Å²) in [7, 11) is -2.06. The molecule has 0 saturated heterocycles. The van der Waals surface area contributed by atoms with Crippen molar-refractivity contribution in [2.75, 3.05) is 18.4 Å². The Bertz CT molecular complexity index is 1500. The zero-order valence-electron chi connectivity index (χ0n) is 19.1. The average molecular weight is 496 g/mol. The Morgan fingerprint density at radius 2 is 1.71 bits per heavy atom. The fourth-order valence-electron chi connectivity index (χ4n) is 3.45. The molecule has 1 amide bonds. The van der Waals surface area contributed by atoms with Crippen LogP contribution in [-0.4, -0.2) is 32.6 Å². The molecule has 0 bridgehead atoms. The van der Waals surface area contributed by atoms with Crippen molar-refractivity contribution in [3.63, 3.8) is 0 Å². The maximum Gasteiger partial charge on any atom is 0.279 e. The van der Waals surface area contributed by atoms with Crippen LogP contribution in [0.1, 0.15) is 21.5 Å². The highest BCUT2D eigenvalue weighted by atomic mass is 32.2. The van der Waals surface area contributed by atoms with Crippen molar-refractivity contribution in [2.24, 2.45) is 4.99 Å². The molecule has 0 aliphatic heterocycles. The molecule has 4 rings (SSSR count). The topological polar surface area (TPSA) is 89.8 Å². The molecule has 0 saturated carbocycles. The number of thiazole rings is 1. The van der Waals surface area contributed by atoms with Crippen LogP contribution < -0.4 is 9.52 Å². The zero-order valence-corrected chi connectivity index (χ0v) is 20.7. The van der Waals surface area contributed by atoms with Gasteiger partial charge >= 0.3 is 0 Å². The summed E-state index contributed by atoms with van der Waals surface area (Å²) in [6, 6.07) is 18.6. The number of nitrogens with zero attached hydrogens (tertiary/aromatic N) is 2. The van der Waals surface area contributed by atoms with E-state index in [4.69, 9.17) is 4.74 Å². The molecule has 0 atom stereocenters. The van der Waals surface area contributed by atoms with Crippen molar-refractivity contribution < 1.29 is 17.9 Å². The molecular weight excluding hydrogens is 470 g/mol. The van der Waals surface area contributed by atoms with Crippen LogP contribution in [0.3, 0.4) is 0 Å². The lowest BCUT2D eigenvalue weighted by Gasteiger charge is -2.08. The van der Waals surface area contributed by atoms with Gasteiger partial charge in [-0.15, -0.1) is 0 Å². The van der Waals surface area contributed by atoms with Gasteiger partial charge in [0.1, 0.15) is 0 Å². The van der Waals surface area contributed by atoms with E-state index in [1.807, 2.05) is 4.57 Å². The van der Waals surface area contributed by atoms with Crippen molar-refractivity contribution in [1.29, 1.82) is 0 Å². The molecule has 0 spiro atoms. The molecule has 0 unspecified atom stereocenters. The van der Waals surface area contributed by atoms with E-state index >= 15 is 0 Å². The quantitative estimate of drug-likeness (QED) is 0.409. The first kappa shape index (κ1) is 23.9.